The van der Waals surface area contributed by atoms with E-state index in [1.165, 1.54) is 19.3 Å². The van der Waals surface area contributed by atoms with Crippen LogP contribution < -0.4 is 0 Å². The topological polar surface area (TPSA) is 46.6 Å². The van der Waals surface area contributed by atoms with Crippen molar-refractivity contribution in [2.75, 3.05) is 19.7 Å². The van der Waals surface area contributed by atoms with Gasteiger partial charge in [-0.15, -0.1) is 0 Å². The van der Waals surface area contributed by atoms with Crippen molar-refractivity contribution >= 4 is 11.8 Å². The first-order chi connectivity index (χ1) is 12.2. The van der Waals surface area contributed by atoms with E-state index < -0.39 is 0 Å². The van der Waals surface area contributed by atoms with Crippen LogP contribution in [-0.2, 0) is 16.1 Å². The van der Waals surface area contributed by atoms with Gasteiger partial charge in [0.2, 0.25) is 0 Å². The summed E-state index contributed by atoms with van der Waals surface area (Å²) in [4.78, 5) is 26.4. The molecule has 0 atom stereocenters. The highest BCUT2D eigenvalue weighted by molar-refractivity contribution is 5.97. The number of esters is 1. The van der Waals surface area contributed by atoms with E-state index in [1.54, 1.807) is 0 Å². The molecule has 1 aliphatic rings. The van der Waals surface area contributed by atoms with Crippen molar-refractivity contribution < 1.29 is 14.3 Å². The van der Waals surface area contributed by atoms with Gasteiger partial charge in [0.05, 0.1) is 6.61 Å². The molecule has 1 aliphatic heterocycles. The lowest BCUT2D eigenvalue weighted by molar-refractivity contribution is -0.143. The molecule has 1 fully saturated rings. The molecule has 1 heterocycles. The number of hydrogen-bond acceptors (Lipinski definition) is 4. The van der Waals surface area contributed by atoms with Gasteiger partial charge in [-0.05, 0) is 51.3 Å². The maximum absolute atomic E-state index is 12.6. The summed E-state index contributed by atoms with van der Waals surface area (Å²) in [5, 5.41) is 0. The lowest BCUT2D eigenvalue weighted by Crippen LogP contribution is -2.29. The molecule has 1 aromatic rings. The summed E-state index contributed by atoms with van der Waals surface area (Å²) < 4.78 is 4.92. The molecular formula is C21H31NO3. The van der Waals surface area contributed by atoms with Crippen molar-refractivity contribution in [1.82, 2.24) is 4.90 Å². The number of ketones is 1. The molecule has 1 aromatic carbocycles. The highest BCUT2D eigenvalue weighted by atomic mass is 16.5. The molecule has 0 amide bonds. The number of unbranched alkanes of at least 4 members (excludes halogenated alkanes) is 2. The second kappa shape index (κ2) is 11.0. The minimum absolute atomic E-state index is 0.138. The van der Waals surface area contributed by atoms with Crippen LogP contribution >= 0.6 is 0 Å². The summed E-state index contributed by atoms with van der Waals surface area (Å²) in [6.45, 7) is 5.40. The SMILES string of the molecule is CCOC(=O)CCCCCC(=O)c1ccccc1CN1CCCCC1. The first-order valence-electron chi connectivity index (χ1n) is 9.69. The second-order valence-corrected chi connectivity index (χ2v) is 6.78. The zero-order valence-corrected chi connectivity index (χ0v) is 15.5. The molecule has 4 nitrogen and oxygen atoms in total. The van der Waals surface area contributed by atoms with Crippen molar-refractivity contribution in [2.45, 2.75) is 64.8 Å². The number of carbonyl (C=O) groups is 2. The standard InChI is InChI=1S/C21H31NO3/c1-2-25-21(24)14-6-3-5-13-20(23)19-12-8-7-11-18(19)17-22-15-9-4-10-16-22/h7-8,11-12H,2-6,9-10,13-17H2,1H3. The van der Waals surface area contributed by atoms with Gasteiger partial charge < -0.3 is 4.74 Å². The first kappa shape index (κ1) is 19.6. The maximum atomic E-state index is 12.6. The average molecular weight is 345 g/mol. The van der Waals surface area contributed by atoms with E-state index in [-0.39, 0.29) is 11.8 Å². The van der Waals surface area contributed by atoms with E-state index in [4.69, 9.17) is 4.74 Å². The van der Waals surface area contributed by atoms with Crippen LogP contribution in [0.2, 0.25) is 0 Å². The van der Waals surface area contributed by atoms with Crippen LogP contribution in [0.25, 0.3) is 0 Å². The van der Waals surface area contributed by atoms with Crippen molar-refractivity contribution in [1.29, 1.82) is 0 Å². The quantitative estimate of drug-likeness (QED) is 0.359. The van der Waals surface area contributed by atoms with Gasteiger partial charge in [0, 0.05) is 24.9 Å². The lowest BCUT2D eigenvalue weighted by Gasteiger charge is -2.27. The number of likely N-dealkylation sites (tertiary alicyclic amines) is 1. The van der Waals surface area contributed by atoms with Gasteiger partial charge in [0.15, 0.2) is 5.78 Å². The second-order valence-electron chi connectivity index (χ2n) is 6.78. The fourth-order valence-corrected chi connectivity index (χ4v) is 3.39. The van der Waals surface area contributed by atoms with E-state index >= 15 is 0 Å². The Balaban J connectivity index is 1.78. The molecule has 25 heavy (non-hydrogen) atoms. The number of nitrogens with zero attached hydrogens (tertiary/aromatic N) is 1. The largest absolute Gasteiger partial charge is 0.466 e. The van der Waals surface area contributed by atoms with E-state index in [1.807, 2.05) is 25.1 Å². The summed E-state index contributed by atoms with van der Waals surface area (Å²) in [5.41, 5.74) is 2.03. The summed E-state index contributed by atoms with van der Waals surface area (Å²) in [6.07, 6.45) is 7.36. The molecular weight excluding hydrogens is 314 g/mol. The number of benzene rings is 1. The van der Waals surface area contributed by atoms with Crippen molar-refractivity contribution in [3.05, 3.63) is 35.4 Å². The predicted molar refractivity (Wildman–Crippen MR) is 99.6 cm³/mol. The van der Waals surface area contributed by atoms with Gasteiger partial charge in [-0.3, -0.25) is 14.5 Å². The maximum Gasteiger partial charge on any atom is 0.305 e. The Morgan fingerprint density at radius 1 is 1.00 bits per heavy atom. The molecule has 0 aliphatic carbocycles. The molecule has 0 saturated carbocycles. The first-order valence-corrected chi connectivity index (χ1v) is 9.69. The molecule has 0 N–H and O–H groups in total. The van der Waals surface area contributed by atoms with Gasteiger partial charge in [0.25, 0.3) is 0 Å². The molecule has 1 saturated heterocycles. The molecule has 0 spiro atoms. The van der Waals surface area contributed by atoms with Crippen molar-refractivity contribution in [2.24, 2.45) is 0 Å². The fraction of sp³-hybridized carbons (Fsp3) is 0.619. The average Bonchev–Trinajstić information content (AvgIpc) is 2.63. The summed E-state index contributed by atoms with van der Waals surface area (Å²) in [5.74, 6) is 0.0875. The number of rotatable bonds is 10. The van der Waals surface area contributed by atoms with Crippen molar-refractivity contribution in [3.63, 3.8) is 0 Å². The van der Waals surface area contributed by atoms with Gasteiger partial charge in [-0.2, -0.15) is 0 Å². The Kier molecular flexibility index (Phi) is 8.67. The third-order valence-electron chi connectivity index (χ3n) is 4.75. The van der Waals surface area contributed by atoms with E-state index in [0.717, 1.165) is 50.0 Å². The normalized spacial score (nSPS) is 15.1. The number of hydrogen-bond donors (Lipinski definition) is 0. The predicted octanol–water partition coefficient (Wildman–Crippen LogP) is 4.37. The molecule has 0 radical (unpaired) electrons. The third-order valence-corrected chi connectivity index (χ3v) is 4.75. The number of ether oxygens (including phenoxy) is 1. The van der Waals surface area contributed by atoms with Gasteiger partial charge in [-0.25, -0.2) is 0 Å². The highest BCUT2D eigenvalue weighted by Crippen LogP contribution is 2.18. The minimum atomic E-state index is -0.138. The van der Waals surface area contributed by atoms with Crippen molar-refractivity contribution in [3.8, 4) is 0 Å². The van der Waals surface area contributed by atoms with Crippen LogP contribution in [0, 0.1) is 0 Å². The lowest BCUT2D eigenvalue weighted by atomic mass is 9.98. The highest BCUT2D eigenvalue weighted by Gasteiger charge is 2.15. The molecule has 0 bridgehead atoms. The Bertz CT molecular complexity index is 550. The monoisotopic (exact) mass is 345 g/mol. The van der Waals surface area contributed by atoms with Crippen LogP contribution in [0.3, 0.4) is 0 Å². The van der Waals surface area contributed by atoms with Crippen LogP contribution in [-0.4, -0.2) is 36.3 Å². The van der Waals surface area contributed by atoms with Crippen LogP contribution in [0.5, 0.6) is 0 Å². The molecule has 0 unspecified atom stereocenters. The van der Waals surface area contributed by atoms with Gasteiger partial charge >= 0.3 is 5.97 Å². The Labute approximate surface area is 151 Å². The molecule has 0 aromatic heterocycles. The zero-order chi connectivity index (χ0) is 17.9. The van der Waals surface area contributed by atoms with E-state index in [9.17, 15) is 9.59 Å². The number of piperidine rings is 1. The van der Waals surface area contributed by atoms with Crippen LogP contribution in [0.4, 0.5) is 0 Å². The Hall–Kier alpha value is -1.68. The number of carbonyl (C=O) groups excluding carboxylic acids is 2. The fourth-order valence-electron chi connectivity index (χ4n) is 3.39. The van der Waals surface area contributed by atoms with E-state index in [0.29, 0.717) is 19.4 Å². The smallest absolute Gasteiger partial charge is 0.305 e. The zero-order valence-electron chi connectivity index (χ0n) is 15.5. The Morgan fingerprint density at radius 3 is 2.48 bits per heavy atom. The summed E-state index contributed by atoms with van der Waals surface area (Å²) in [7, 11) is 0. The third kappa shape index (κ3) is 6.99. The van der Waals surface area contributed by atoms with E-state index in [2.05, 4.69) is 11.0 Å². The molecule has 138 valence electrons. The Morgan fingerprint density at radius 2 is 1.72 bits per heavy atom. The molecule has 2 rings (SSSR count). The summed E-state index contributed by atoms with van der Waals surface area (Å²) >= 11 is 0. The molecule has 4 heteroatoms. The van der Waals surface area contributed by atoms with Gasteiger partial charge in [0.1, 0.15) is 0 Å². The van der Waals surface area contributed by atoms with Crippen LogP contribution in [0.1, 0.15) is 74.2 Å². The van der Waals surface area contributed by atoms with Gasteiger partial charge in [-0.1, -0.05) is 37.1 Å². The number of Topliss-reactive ketones (excluding diaryl/α,β-unsaturated/α-hetero) is 1. The van der Waals surface area contributed by atoms with Crippen LogP contribution in [0.15, 0.2) is 24.3 Å². The summed E-state index contributed by atoms with van der Waals surface area (Å²) in [6, 6.07) is 8.02. The minimum Gasteiger partial charge on any atom is -0.466 e.